The van der Waals surface area contributed by atoms with Gasteiger partial charge in [-0.15, -0.1) is 0 Å². The summed E-state index contributed by atoms with van der Waals surface area (Å²) in [5.41, 5.74) is 1.02. The second-order valence-electron chi connectivity index (χ2n) is 4.04. The maximum atomic E-state index is 12.6. The summed E-state index contributed by atoms with van der Waals surface area (Å²) in [6.45, 7) is 4.89. The lowest BCUT2D eigenvalue weighted by Crippen LogP contribution is -2.36. The van der Waals surface area contributed by atoms with Crippen molar-refractivity contribution in [2.75, 3.05) is 6.61 Å². The van der Waals surface area contributed by atoms with Gasteiger partial charge in [0.05, 0.1) is 6.61 Å². The fourth-order valence-corrected chi connectivity index (χ4v) is 1.36. The Morgan fingerprint density at radius 3 is 2.33 bits per heavy atom. The fourth-order valence-electron chi connectivity index (χ4n) is 1.36. The van der Waals surface area contributed by atoms with E-state index in [0.717, 1.165) is 5.56 Å². The van der Waals surface area contributed by atoms with E-state index < -0.39 is 0 Å². The van der Waals surface area contributed by atoms with Crippen LogP contribution in [-0.4, -0.2) is 17.8 Å². The molecule has 1 rings (SSSR count). The van der Waals surface area contributed by atoms with Crippen molar-refractivity contribution in [1.82, 2.24) is 5.32 Å². The first-order valence-electron chi connectivity index (χ1n) is 5.22. The molecule has 2 N–H and O–H groups in total. The van der Waals surface area contributed by atoms with Crippen molar-refractivity contribution in [1.29, 1.82) is 0 Å². The van der Waals surface area contributed by atoms with Crippen molar-refractivity contribution in [3.05, 3.63) is 35.6 Å². The molecule has 15 heavy (non-hydrogen) atoms. The number of aliphatic hydroxyl groups excluding tert-OH is 1. The van der Waals surface area contributed by atoms with Gasteiger partial charge in [0.2, 0.25) is 0 Å². The van der Waals surface area contributed by atoms with E-state index in [2.05, 4.69) is 19.2 Å². The quantitative estimate of drug-likeness (QED) is 0.780. The van der Waals surface area contributed by atoms with Crippen LogP contribution in [-0.2, 0) is 6.54 Å². The number of hydrogen-bond acceptors (Lipinski definition) is 2. The van der Waals surface area contributed by atoms with Gasteiger partial charge in [-0.1, -0.05) is 26.0 Å². The second-order valence-corrected chi connectivity index (χ2v) is 4.04. The van der Waals surface area contributed by atoms with E-state index in [-0.39, 0.29) is 18.5 Å². The van der Waals surface area contributed by atoms with E-state index in [4.69, 9.17) is 5.11 Å². The van der Waals surface area contributed by atoms with Crippen molar-refractivity contribution in [2.45, 2.75) is 26.4 Å². The topological polar surface area (TPSA) is 32.3 Å². The van der Waals surface area contributed by atoms with Crippen molar-refractivity contribution in [3.63, 3.8) is 0 Å². The highest BCUT2D eigenvalue weighted by atomic mass is 19.1. The first-order valence-corrected chi connectivity index (χ1v) is 5.22. The standard InChI is InChI=1S/C12H18FNO/c1-9(2)12(8-15)14-7-10-3-5-11(13)6-4-10/h3-6,9,12,14-15H,7-8H2,1-2H3/t12-/m1/s1. The molecule has 0 aliphatic carbocycles. The predicted molar refractivity (Wildman–Crippen MR) is 59.0 cm³/mol. The summed E-state index contributed by atoms with van der Waals surface area (Å²) in [5.74, 6) is 0.164. The molecule has 0 amide bonds. The molecule has 0 spiro atoms. The molecule has 0 aliphatic rings. The number of halogens is 1. The van der Waals surface area contributed by atoms with E-state index in [1.54, 1.807) is 12.1 Å². The maximum absolute atomic E-state index is 12.6. The van der Waals surface area contributed by atoms with Crippen LogP contribution in [0.4, 0.5) is 4.39 Å². The number of rotatable bonds is 5. The Balaban J connectivity index is 2.45. The van der Waals surface area contributed by atoms with E-state index in [1.807, 2.05) is 0 Å². The van der Waals surface area contributed by atoms with Crippen molar-refractivity contribution in [2.24, 2.45) is 5.92 Å². The van der Waals surface area contributed by atoms with Crippen LogP contribution in [0, 0.1) is 11.7 Å². The molecule has 0 saturated carbocycles. The first kappa shape index (κ1) is 12.1. The third-order valence-corrected chi connectivity index (χ3v) is 2.48. The summed E-state index contributed by atoms with van der Waals surface area (Å²) >= 11 is 0. The molecule has 1 aromatic carbocycles. The molecule has 0 radical (unpaired) electrons. The summed E-state index contributed by atoms with van der Waals surface area (Å²) in [6.07, 6.45) is 0. The normalized spacial score (nSPS) is 13.1. The second kappa shape index (κ2) is 5.83. The van der Waals surface area contributed by atoms with Gasteiger partial charge in [0.25, 0.3) is 0 Å². The highest BCUT2D eigenvalue weighted by Crippen LogP contribution is 2.05. The minimum Gasteiger partial charge on any atom is -0.395 e. The van der Waals surface area contributed by atoms with E-state index in [0.29, 0.717) is 12.5 Å². The lowest BCUT2D eigenvalue weighted by Gasteiger charge is -2.19. The molecule has 0 aromatic heterocycles. The van der Waals surface area contributed by atoms with Crippen LogP contribution in [0.3, 0.4) is 0 Å². The number of nitrogens with one attached hydrogen (secondary N) is 1. The minimum absolute atomic E-state index is 0.0926. The summed E-state index contributed by atoms with van der Waals surface area (Å²) < 4.78 is 12.6. The highest BCUT2D eigenvalue weighted by Gasteiger charge is 2.10. The Morgan fingerprint density at radius 1 is 1.27 bits per heavy atom. The summed E-state index contributed by atoms with van der Waals surface area (Å²) in [6, 6.07) is 6.48. The van der Waals surface area contributed by atoms with Crippen LogP contribution < -0.4 is 5.32 Å². The van der Waals surface area contributed by atoms with Crippen LogP contribution in [0.2, 0.25) is 0 Å². The maximum Gasteiger partial charge on any atom is 0.123 e. The lowest BCUT2D eigenvalue weighted by molar-refractivity contribution is 0.210. The SMILES string of the molecule is CC(C)[C@@H](CO)NCc1ccc(F)cc1. The fraction of sp³-hybridized carbons (Fsp3) is 0.500. The molecule has 0 heterocycles. The molecule has 0 bridgehead atoms. The molecule has 0 aliphatic heterocycles. The number of hydrogen-bond donors (Lipinski definition) is 2. The van der Waals surface area contributed by atoms with Crippen LogP contribution >= 0.6 is 0 Å². The minimum atomic E-state index is -0.221. The van der Waals surface area contributed by atoms with E-state index in [9.17, 15) is 4.39 Å². The molecule has 84 valence electrons. The van der Waals surface area contributed by atoms with Crippen molar-refractivity contribution in [3.8, 4) is 0 Å². The van der Waals surface area contributed by atoms with Gasteiger partial charge in [0.15, 0.2) is 0 Å². The molecule has 3 heteroatoms. The van der Waals surface area contributed by atoms with Gasteiger partial charge >= 0.3 is 0 Å². The molecule has 0 unspecified atom stereocenters. The van der Waals surface area contributed by atoms with Gasteiger partial charge < -0.3 is 10.4 Å². The first-order chi connectivity index (χ1) is 7.13. The lowest BCUT2D eigenvalue weighted by atomic mass is 10.1. The highest BCUT2D eigenvalue weighted by molar-refractivity contribution is 5.15. The summed E-state index contributed by atoms with van der Waals surface area (Å²) in [4.78, 5) is 0. The Bertz CT molecular complexity index is 284. The zero-order valence-electron chi connectivity index (χ0n) is 9.20. The molecule has 1 atom stereocenters. The zero-order valence-corrected chi connectivity index (χ0v) is 9.20. The molecule has 0 fully saturated rings. The molecular weight excluding hydrogens is 193 g/mol. The monoisotopic (exact) mass is 211 g/mol. The Labute approximate surface area is 90.1 Å². The van der Waals surface area contributed by atoms with Crippen LogP contribution in [0.5, 0.6) is 0 Å². The van der Waals surface area contributed by atoms with Crippen LogP contribution in [0.25, 0.3) is 0 Å². The van der Waals surface area contributed by atoms with Crippen LogP contribution in [0.1, 0.15) is 19.4 Å². The molecule has 0 saturated heterocycles. The molecule has 1 aromatic rings. The van der Waals surface area contributed by atoms with E-state index >= 15 is 0 Å². The average Bonchev–Trinajstić information content (AvgIpc) is 2.21. The smallest absolute Gasteiger partial charge is 0.123 e. The summed E-state index contributed by atoms with van der Waals surface area (Å²) in [7, 11) is 0. The van der Waals surface area contributed by atoms with Crippen molar-refractivity contribution >= 4 is 0 Å². The average molecular weight is 211 g/mol. The Hall–Kier alpha value is -0.930. The zero-order chi connectivity index (χ0) is 11.3. The van der Waals surface area contributed by atoms with Gasteiger partial charge in [0.1, 0.15) is 5.82 Å². The predicted octanol–water partition coefficient (Wildman–Crippen LogP) is 1.93. The Kier molecular flexibility index (Phi) is 4.72. The third-order valence-electron chi connectivity index (χ3n) is 2.48. The largest absolute Gasteiger partial charge is 0.395 e. The van der Waals surface area contributed by atoms with E-state index in [1.165, 1.54) is 12.1 Å². The molecule has 2 nitrogen and oxygen atoms in total. The molecular formula is C12H18FNO. The third kappa shape index (κ3) is 3.98. The Morgan fingerprint density at radius 2 is 1.87 bits per heavy atom. The van der Waals surface area contributed by atoms with Gasteiger partial charge in [-0.05, 0) is 23.6 Å². The summed E-state index contributed by atoms with van der Waals surface area (Å²) in [5, 5.41) is 12.3. The van der Waals surface area contributed by atoms with Gasteiger partial charge in [-0.2, -0.15) is 0 Å². The number of aliphatic hydroxyl groups is 1. The van der Waals surface area contributed by atoms with Gasteiger partial charge in [-0.3, -0.25) is 0 Å². The van der Waals surface area contributed by atoms with Crippen LogP contribution in [0.15, 0.2) is 24.3 Å². The van der Waals surface area contributed by atoms with Gasteiger partial charge in [0, 0.05) is 12.6 Å². The number of benzene rings is 1. The van der Waals surface area contributed by atoms with Gasteiger partial charge in [-0.25, -0.2) is 4.39 Å². The van der Waals surface area contributed by atoms with Crippen molar-refractivity contribution < 1.29 is 9.50 Å².